The average Bonchev–Trinajstić information content (AvgIpc) is 0. The highest BCUT2D eigenvalue weighted by Gasteiger charge is -0.0734. The summed E-state index contributed by atoms with van der Waals surface area (Å²) >= 11 is 0. The molecular formula is C5H22Cl2. The first-order chi connectivity index (χ1) is 0. The molecule has 0 spiro atoms. The van der Waals surface area contributed by atoms with Crippen molar-refractivity contribution in [3.63, 3.8) is 0 Å². The minimum Gasteiger partial charge on any atom is -0.147 e. The lowest BCUT2D eigenvalue weighted by molar-refractivity contribution is 2.50. The average molecular weight is 153 g/mol. The summed E-state index contributed by atoms with van der Waals surface area (Å²) in [6.07, 6.45) is 0. The van der Waals surface area contributed by atoms with Crippen molar-refractivity contribution in [1.29, 1.82) is 0 Å². The Morgan fingerprint density at radius 2 is 0.286 bits per heavy atom. The maximum absolute atomic E-state index is 0. The van der Waals surface area contributed by atoms with E-state index >= 15 is 0 Å². The highest BCUT2D eigenvalue weighted by atomic mass is 35.5. The lowest BCUT2D eigenvalue weighted by Crippen LogP contribution is 0.143. The van der Waals surface area contributed by atoms with Gasteiger partial charge in [-0.05, 0) is 0 Å². The van der Waals surface area contributed by atoms with Crippen molar-refractivity contribution in [1.82, 2.24) is 0 Å². The van der Waals surface area contributed by atoms with Gasteiger partial charge in [-0.1, -0.05) is 37.1 Å². The van der Waals surface area contributed by atoms with Crippen LogP contribution in [0.1, 0.15) is 37.1 Å². The Bertz CT molecular complexity index is 6.04. The van der Waals surface area contributed by atoms with Crippen molar-refractivity contribution in [3.05, 3.63) is 0 Å². The minimum absolute atomic E-state index is 0. The molecule has 0 fully saturated rings. The quantitative estimate of drug-likeness (QED) is 0.493. The largest absolute Gasteiger partial charge is 0.147 e. The van der Waals surface area contributed by atoms with Crippen LogP contribution in [0.5, 0.6) is 0 Å². The van der Waals surface area contributed by atoms with Gasteiger partial charge in [0.1, 0.15) is 0 Å². The van der Waals surface area contributed by atoms with E-state index in [-0.39, 0.29) is 61.9 Å². The van der Waals surface area contributed by atoms with Gasteiger partial charge >= 0.3 is 0 Å². The van der Waals surface area contributed by atoms with Crippen LogP contribution in [0.3, 0.4) is 0 Å². The summed E-state index contributed by atoms with van der Waals surface area (Å²) in [5, 5.41) is 0. The molecule has 56 valence electrons. The zero-order valence-electron chi connectivity index (χ0n) is 0.816. The fraction of sp³-hybridized carbons (Fsp3) is 1.00. The molecule has 0 atom stereocenters. The van der Waals surface area contributed by atoms with Crippen molar-refractivity contribution in [3.8, 4) is 0 Å². The van der Waals surface area contributed by atoms with E-state index in [2.05, 4.69) is 0 Å². The molecule has 7 heavy (non-hydrogen) atoms. The van der Waals surface area contributed by atoms with E-state index < -0.39 is 0 Å². The third-order valence-electron chi connectivity index (χ3n) is 0. The van der Waals surface area contributed by atoms with Crippen LogP contribution in [0.4, 0.5) is 0 Å². The van der Waals surface area contributed by atoms with E-state index in [4.69, 9.17) is 0 Å². The molecule has 0 aliphatic heterocycles. The molecular weight excluding hydrogens is 131 g/mol. The minimum atomic E-state index is 0. The zero-order valence-corrected chi connectivity index (χ0v) is 2.45. The highest BCUT2D eigenvalue weighted by molar-refractivity contribution is 5.85. The summed E-state index contributed by atoms with van der Waals surface area (Å²) in [7, 11) is 0. The Morgan fingerprint density at radius 3 is 0.286 bits per heavy atom. The van der Waals surface area contributed by atoms with E-state index in [1.165, 1.54) is 0 Å². The Balaban J connectivity index is 0. The van der Waals surface area contributed by atoms with Gasteiger partial charge in [0.15, 0.2) is 0 Å². The summed E-state index contributed by atoms with van der Waals surface area (Å²) in [5.74, 6) is 0. The van der Waals surface area contributed by atoms with Crippen molar-refractivity contribution in [2.24, 2.45) is 0 Å². The van der Waals surface area contributed by atoms with Crippen LogP contribution in [-0.4, -0.2) is 0 Å². The zero-order chi connectivity index (χ0) is 0. The standard InChI is InChI=1S/5CH4.2ClH/h5*1H4;2*1H. The molecule has 0 saturated carbocycles. The fourth-order valence-electron chi connectivity index (χ4n) is 0. The maximum Gasteiger partial charge on any atom is -0.0776 e. The molecule has 0 unspecified atom stereocenters. The van der Waals surface area contributed by atoms with Gasteiger partial charge in [0, 0.05) is 0 Å². The van der Waals surface area contributed by atoms with Crippen LogP contribution in [0.15, 0.2) is 0 Å². The van der Waals surface area contributed by atoms with Gasteiger partial charge in [-0.3, -0.25) is 0 Å². The van der Waals surface area contributed by atoms with Crippen LogP contribution >= 0.6 is 24.8 Å². The highest BCUT2D eigenvalue weighted by Crippen LogP contribution is 0.691. The third kappa shape index (κ3) is 410. The molecule has 0 aliphatic carbocycles. The second kappa shape index (κ2) is 609. The molecule has 0 aromatic heterocycles. The van der Waals surface area contributed by atoms with Crippen LogP contribution < -0.4 is 0 Å². The van der Waals surface area contributed by atoms with Crippen molar-refractivity contribution < 1.29 is 0 Å². The predicted octanol–water partition coefficient (Wildman–Crippen LogP) is 4.02. The molecule has 0 N–H and O–H groups in total. The third-order valence-corrected chi connectivity index (χ3v) is 0. The van der Waals surface area contributed by atoms with E-state index in [0.29, 0.717) is 0 Å². The Labute approximate surface area is 62.5 Å². The first-order valence-electron chi connectivity index (χ1n) is 0. The summed E-state index contributed by atoms with van der Waals surface area (Å²) in [4.78, 5) is 0. The number of hydrogen-bond acceptors (Lipinski definition) is 0. The van der Waals surface area contributed by atoms with Gasteiger partial charge in [0.05, 0.1) is 0 Å². The summed E-state index contributed by atoms with van der Waals surface area (Å²) in [5.41, 5.74) is 0. The van der Waals surface area contributed by atoms with Gasteiger partial charge in [-0.15, -0.1) is 24.8 Å². The van der Waals surface area contributed by atoms with E-state index in [1.807, 2.05) is 0 Å². The Morgan fingerprint density at radius 1 is 0.286 bits per heavy atom. The number of halogens is 2. The smallest absolute Gasteiger partial charge is 0.0776 e. The monoisotopic (exact) mass is 152 g/mol. The maximum atomic E-state index is 0. The molecule has 2 heteroatoms. The molecule has 0 amide bonds. The Kier molecular flexibility index (Phi) is 84900. The van der Waals surface area contributed by atoms with Gasteiger partial charge in [0.25, 0.3) is 0 Å². The number of rotatable bonds is 0. The predicted molar refractivity (Wildman–Crippen MR) is 48.2 cm³/mol. The summed E-state index contributed by atoms with van der Waals surface area (Å²) in [6, 6.07) is 0. The van der Waals surface area contributed by atoms with Gasteiger partial charge in [-0.2, -0.15) is 0 Å². The molecule has 0 bridgehead atoms. The van der Waals surface area contributed by atoms with Crippen LogP contribution in [0.25, 0.3) is 0 Å². The topological polar surface area (TPSA) is 0 Å². The first-order valence-corrected chi connectivity index (χ1v) is 0. The molecule has 0 saturated heterocycles. The first kappa shape index (κ1) is 976. The molecule has 0 aromatic carbocycles. The van der Waals surface area contributed by atoms with E-state index in [1.54, 1.807) is 0 Å². The van der Waals surface area contributed by atoms with Crippen LogP contribution in [0, 0.1) is 0 Å². The molecule has 0 aromatic rings. The second-order valence-electron chi connectivity index (χ2n) is 0. The second-order valence-corrected chi connectivity index (χ2v) is 0. The molecule has 0 nitrogen and oxygen atoms in total. The molecule has 0 heterocycles. The Hall–Kier alpha value is 0.580. The van der Waals surface area contributed by atoms with Crippen molar-refractivity contribution in [2.75, 3.05) is 0 Å². The van der Waals surface area contributed by atoms with Gasteiger partial charge in [-0.25, -0.2) is 0 Å². The lowest BCUT2D eigenvalue weighted by Gasteiger charge is -0.148. The normalized spacial score (nSPS) is 0. The van der Waals surface area contributed by atoms with Crippen molar-refractivity contribution in [2.45, 2.75) is 37.1 Å². The number of hydrogen-bond donors (Lipinski definition) is 0. The summed E-state index contributed by atoms with van der Waals surface area (Å²) in [6.45, 7) is 0. The van der Waals surface area contributed by atoms with E-state index in [9.17, 15) is 0 Å². The molecule has 0 radical (unpaired) electrons. The lowest BCUT2D eigenvalue weighted by atomic mass is 12.0. The molecule has 0 rings (SSSR count). The van der Waals surface area contributed by atoms with Crippen molar-refractivity contribution >= 4 is 24.8 Å². The van der Waals surface area contributed by atoms with Crippen LogP contribution in [0.2, 0.25) is 0 Å². The molecule has 0 aliphatic rings. The van der Waals surface area contributed by atoms with Gasteiger partial charge < -0.3 is 0 Å². The SMILES string of the molecule is C.C.C.C.C.Cl.Cl. The van der Waals surface area contributed by atoms with Crippen LogP contribution in [-0.2, 0) is 0 Å². The summed E-state index contributed by atoms with van der Waals surface area (Å²) < 4.78 is 0. The van der Waals surface area contributed by atoms with E-state index in [0.717, 1.165) is 0 Å². The van der Waals surface area contributed by atoms with Gasteiger partial charge in [0.2, 0.25) is 0 Å². The fourth-order valence-corrected chi connectivity index (χ4v) is 0.